The van der Waals surface area contributed by atoms with Crippen molar-refractivity contribution in [2.45, 2.75) is 25.7 Å². The fourth-order valence-electron chi connectivity index (χ4n) is 1.60. The molecule has 0 saturated carbocycles. The second-order valence-corrected chi connectivity index (χ2v) is 7.30. The molecule has 98 valence electrons. The lowest BCUT2D eigenvalue weighted by atomic mass is 9.97. The van der Waals surface area contributed by atoms with Crippen molar-refractivity contribution in [2.24, 2.45) is 5.41 Å². The zero-order valence-corrected chi connectivity index (χ0v) is 11.8. The smallest absolute Gasteiger partial charge is 0.244 e. The summed E-state index contributed by atoms with van der Waals surface area (Å²) in [5.41, 5.74) is -0.227. The molecule has 0 spiro atoms. The zero-order chi connectivity index (χ0) is 14.0. The quantitative estimate of drug-likeness (QED) is 0.834. The molecule has 6 heteroatoms. The van der Waals surface area contributed by atoms with Crippen molar-refractivity contribution in [1.29, 1.82) is 5.26 Å². The Labute approximate surface area is 108 Å². The van der Waals surface area contributed by atoms with Crippen molar-refractivity contribution in [3.05, 3.63) is 24.0 Å². The van der Waals surface area contributed by atoms with Gasteiger partial charge in [-0.25, -0.2) is 17.7 Å². The van der Waals surface area contributed by atoms with Crippen molar-refractivity contribution in [1.82, 2.24) is 9.29 Å². The second-order valence-electron chi connectivity index (χ2n) is 5.28. The highest BCUT2D eigenvalue weighted by Gasteiger charge is 2.27. The van der Waals surface area contributed by atoms with Crippen LogP contribution in [0.2, 0.25) is 0 Å². The topological polar surface area (TPSA) is 74.1 Å². The molecule has 0 radical (unpaired) electrons. The maximum atomic E-state index is 12.3. The molecule has 1 aromatic heterocycles. The summed E-state index contributed by atoms with van der Waals surface area (Å²) < 4.78 is 25.9. The van der Waals surface area contributed by atoms with E-state index < -0.39 is 10.0 Å². The number of nitriles is 1. The molecule has 1 aromatic rings. The number of nitrogens with zero attached hydrogens (tertiary/aromatic N) is 3. The molecule has 5 nitrogen and oxygen atoms in total. The van der Waals surface area contributed by atoms with Gasteiger partial charge in [0, 0.05) is 19.8 Å². The van der Waals surface area contributed by atoms with Gasteiger partial charge in [0.1, 0.15) is 11.0 Å². The summed E-state index contributed by atoms with van der Waals surface area (Å²) in [6.45, 7) is 6.23. The molecule has 0 fully saturated rings. The van der Waals surface area contributed by atoms with Crippen molar-refractivity contribution < 1.29 is 8.42 Å². The predicted octanol–water partition coefficient (Wildman–Crippen LogP) is 1.62. The lowest BCUT2D eigenvalue weighted by Crippen LogP contribution is -2.35. The lowest BCUT2D eigenvalue weighted by molar-refractivity contribution is 0.310. The number of pyridine rings is 1. The van der Waals surface area contributed by atoms with Crippen LogP contribution in [-0.2, 0) is 10.0 Å². The molecule has 1 rings (SSSR count). The monoisotopic (exact) mass is 267 g/mol. The minimum absolute atomic E-state index is 0.0424. The third-order valence-corrected chi connectivity index (χ3v) is 4.10. The molecule has 0 aliphatic carbocycles. The molecule has 0 saturated heterocycles. The van der Waals surface area contributed by atoms with Gasteiger partial charge in [-0.3, -0.25) is 0 Å². The van der Waals surface area contributed by atoms with Crippen molar-refractivity contribution in [3.63, 3.8) is 0 Å². The average molecular weight is 267 g/mol. The number of sulfonamides is 1. The van der Waals surface area contributed by atoms with Gasteiger partial charge in [-0.1, -0.05) is 20.8 Å². The van der Waals surface area contributed by atoms with Crippen molar-refractivity contribution >= 4 is 10.0 Å². The van der Waals surface area contributed by atoms with Gasteiger partial charge in [0.25, 0.3) is 0 Å². The van der Waals surface area contributed by atoms with Crippen LogP contribution in [0.25, 0.3) is 0 Å². The molecular formula is C12H17N3O2S. The third kappa shape index (κ3) is 3.28. The Morgan fingerprint density at radius 3 is 2.56 bits per heavy atom. The Bertz CT molecular complexity index is 568. The Morgan fingerprint density at radius 2 is 2.06 bits per heavy atom. The zero-order valence-electron chi connectivity index (χ0n) is 11.0. The number of aromatic nitrogens is 1. The van der Waals surface area contributed by atoms with E-state index >= 15 is 0 Å². The van der Waals surface area contributed by atoms with E-state index in [2.05, 4.69) is 4.98 Å². The van der Waals surface area contributed by atoms with Crippen molar-refractivity contribution in [2.75, 3.05) is 13.6 Å². The van der Waals surface area contributed by atoms with Gasteiger partial charge in [0.05, 0.1) is 0 Å². The van der Waals surface area contributed by atoms with Crippen LogP contribution in [0, 0.1) is 16.7 Å². The molecule has 0 unspecified atom stereocenters. The molecule has 0 atom stereocenters. The van der Waals surface area contributed by atoms with Gasteiger partial charge in [-0.05, 0) is 17.5 Å². The standard InChI is InChI=1S/C12H17N3O2S/c1-12(2,3)9-15(4)18(16,17)11-6-5-7-14-10(11)8-13/h5-7H,9H2,1-4H3. The largest absolute Gasteiger partial charge is 0.245 e. The molecule has 0 aliphatic rings. The first-order chi connectivity index (χ1) is 8.18. The second kappa shape index (κ2) is 5.04. The molecule has 1 heterocycles. The van der Waals surface area contributed by atoms with Crippen LogP contribution in [-0.4, -0.2) is 31.3 Å². The summed E-state index contributed by atoms with van der Waals surface area (Å²) in [4.78, 5) is 3.73. The summed E-state index contributed by atoms with van der Waals surface area (Å²) >= 11 is 0. The maximum Gasteiger partial charge on any atom is 0.245 e. The van der Waals surface area contributed by atoms with Crippen LogP contribution in [0.3, 0.4) is 0 Å². The molecule has 0 bridgehead atoms. The lowest BCUT2D eigenvalue weighted by Gasteiger charge is -2.26. The summed E-state index contributed by atoms with van der Waals surface area (Å²) in [6.07, 6.45) is 1.40. The minimum atomic E-state index is -3.67. The van der Waals surface area contributed by atoms with Gasteiger partial charge in [-0.2, -0.15) is 5.26 Å². The first-order valence-electron chi connectivity index (χ1n) is 5.50. The first kappa shape index (κ1) is 14.6. The highest BCUT2D eigenvalue weighted by Crippen LogP contribution is 2.21. The van der Waals surface area contributed by atoms with Gasteiger partial charge in [0.2, 0.25) is 10.0 Å². The molecular weight excluding hydrogens is 250 g/mol. The molecule has 0 aromatic carbocycles. The Balaban J connectivity index is 3.19. The van der Waals surface area contributed by atoms with E-state index in [9.17, 15) is 8.42 Å². The van der Waals surface area contributed by atoms with E-state index in [1.807, 2.05) is 20.8 Å². The van der Waals surface area contributed by atoms with E-state index in [1.54, 1.807) is 6.07 Å². The van der Waals surface area contributed by atoms with Crippen LogP contribution in [0.5, 0.6) is 0 Å². The normalized spacial score (nSPS) is 12.4. The fraction of sp³-hybridized carbons (Fsp3) is 0.500. The van der Waals surface area contributed by atoms with Gasteiger partial charge >= 0.3 is 0 Å². The highest BCUT2D eigenvalue weighted by molar-refractivity contribution is 7.89. The van der Waals surface area contributed by atoms with Crippen LogP contribution < -0.4 is 0 Å². The Morgan fingerprint density at radius 1 is 1.44 bits per heavy atom. The van der Waals surface area contributed by atoms with Gasteiger partial charge < -0.3 is 0 Å². The highest BCUT2D eigenvalue weighted by atomic mass is 32.2. The molecule has 0 N–H and O–H groups in total. The summed E-state index contributed by atoms with van der Waals surface area (Å²) in [6, 6.07) is 4.72. The first-order valence-corrected chi connectivity index (χ1v) is 6.94. The minimum Gasteiger partial charge on any atom is -0.244 e. The number of rotatable bonds is 3. The fourth-order valence-corrected chi connectivity index (χ4v) is 3.09. The van der Waals surface area contributed by atoms with Gasteiger partial charge in [0.15, 0.2) is 5.69 Å². The van der Waals surface area contributed by atoms with Crippen LogP contribution in [0.1, 0.15) is 26.5 Å². The van der Waals surface area contributed by atoms with Crippen LogP contribution in [0.4, 0.5) is 0 Å². The van der Waals surface area contributed by atoms with E-state index in [0.29, 0.717) is 6.54 Å². The molecule has 0 amide bonds. The molecule has 18 heavy (non-hydrogen) atoms. The average Bonchev–Trinajstić information content (AvgIpc) is 2.26. The van der Waals surface area contributed by atoms with Crippen LogP contribution in [0.15, 0.2) is 23.2 Å². The van der Waals surface area contributed by atoms with E-state index in [1.165, 1.54) is 29.7 Å². The van der Waals surface area contributed by atoms with E-state index in [-0.39, 0.29) is 16.0 Å². The number of hydrogen-bond donors (Lipinski definition) is 0. The summed E-state index contributed by atoms with van der Waals surface area (Å²) in [5, 5.41) is 8.90. The molecule has 0 aliphatic heterocycles. The van der Waals surface area contributed by atoms with Gasteiger partial charge in [-0.15, -0.1) is 0 Å². The number of hydrogen-bond acceptors (Lipinski definition) is 4. The Hall–Kier alpha value is -1.45. The maximum absolute atomic E-state index is 12.3. The van der Waals surface area contributed by atoms with Crippen LogP contribution >= 0.6 is 0 Å². The van der Waals surface area contributed by atoms with E-state index in [4.69, 9.17) is 5.26 Å². The van der Waals surface area contributed by atoms with Crippen molar-refractivity contribution in [3.8, 4) is 6.07 Å². The summed E-state index contributed by atoms with van der Waals surface area (Å²) in [7, 11) is -2.16. The van der Waals surface area contributed by atoms with E-state index in [0.717, 1.165) is 0 Å². The SMILES string of the molecule is CN(CC(C)(C)C)S(=O)(=O)c1cccnc1C#N. The summed E-state index contributed by atoms with van der Waals surface area (Å²) in [5.74, 6) is 0. The third-order valence-electron chi connectivity index (χ3n) is 2.26. The Kier molecular flexibility index (Phi) is 4.09. The predicted molar refractivity (Wildman–Crippen MR) is 68.2 cm³/mol.